The van der Waals surface area contributed by atoms with E-state index in [2.05, 4.69) is 15.4 Å². The number of carbonyl (C=O) groups is 2. The lowest BCUT2D eigenvalue weighted by atomic mass is 9.87. The van der Waals surface area contributed by atoms with E-state index in [4.69, 9.17) is 15.2 Å². The number of nitrogens with one attached hydrogen (secondary N) is 1. The number of aromatic nitrogens is 3. The number of fused-ring (bicyclic) bond motifs is 2. The van der Waals surface area contributed by atoms with E-state index in [1.807, 2.05) is 43.3 Å². The predicted molar refractivity (Wildman–Crippen MR) is 124 cm³/mol. The number of nitrogens with zero attached hydrogens (tertiary/aromatic N) is 3. The van der Waals surface area contributed by atoms with Gasteiger partial charge < -0.3 is 20.5 Å². The quantitative estimate of drug-likeness (QED) is 0.434. The summed E-state index contributed by atoms with van der Waals surface area (Å²) in [7, 11) is 0. The summed E-state index contributed by atoms with van der Waals surface area (Å²) in [6.07, 6.45) is 2.04. The Kier molecular flexibility index (Phi) is 5.43. The zero-order valence-electron chi connectivity index (χ0n) is 17.8. The minimum absolute atomic E-state index is 0.109. The first-order valence-corrected chi connectivity index (χ1v) is 11.3. The van der Waals surface area contributed by atoms with E-state index in [9.17, 15) is 9.59 Å². The van der Waals surface area contributed by atoms with Crippen molar-refractivity contribution in [1.82, 2.24) is 14.8 Å². The van der Waals surface area contributed by atoms with Gasteiger partial charge in [-0.15, -0.1) is 0 Å². The van der Waals surface area contributed by atoms with Gasteiger partial charge in [0.05, 0.1) is 23.0 Å². The maximum absolute atomic E-state index is 12.6. The summed E-state index contributed by atoms with van der Waals surface area (Å²) in [6, 6.07) is 13.3. The number of thiazole rings is 1. The third-order valence-corrected chi connectivity index (χ3v) is 6.34. The van der Waals surface area contributed by atoms with Crippen LogP contribution in [0.4, 0.5) is 5.82 Å². The molecule has 2 amide bonds. The van der Waals surface area contributed by atoms with Gasteiger partial charge in [-0.1, -0.05) is 29.5 Å². The van der Waals surface area contributed by atoms with Gasteiger partial charge in [-0.25, -0.2) is 4.98 Å². The Hall–Kier alpha value is -3.92. The van der Waals surface area contributed by atoms with Gasteiger partial charge >= 0.3 is 0 Å². The van der Waals surface area contributed by atoms with Crippen LogP contribution in [0.1, 0.15) is 30.4 Å². The Bertz CT molecular complexity index is 1330. The molecule has 0 aliphatic carbocycles. The van der Waals surface area contributed by atoms with Gasteiger partial charge in [0.2, 0.25) is 11.0 Å². The summed E-state index contributed by atoms with van der Waals surface area (Å²) in [5.41, 5.74) is 7.84. The lowest BCUT2D eigenvalue weighted by molar-refractivity contribution is -0.120. The molecule has 0 radical (unpaired) electrons. The molecule has 4 aromatic rings. The van der Waals surface area contributed by atoms with Gasteiger partial charge in [0, 0.05) is 17.9 Å². The number of ether oxygens (including phenoxy) is 2. The molecule has 0 fully saturated rings. The summed E-state index contributed by atoms with van der Waals surface area (Å²) in [4.78, 5) is 28.4. The molecule has 33 heavy (non-hydrogen) atoms. The van der Waals surface area contributed by atoms with Gasteiger partial charge in [0.25, 0.3) is 5.91 Å². The predicted octanol–water partition coefficient (Wildman–Crippen LogP) is 3.22. The van der Waals surface area contributed by atoms with Crippen molar-refractivity contribution in [1.29, 1.82) is 0 Å². The van der Waals surface area contributed by atoms with Crippen molar-refractivity contribution < 1.29 is 19.1 Å². The molecule has 5 rings (SSSR count). The summed E-state index contributed by atoms with van der Waals surface area (Å²) in [5.74, 6) is 0.621. The van der Waals surface area contributed by atoms with Crippen LogP contribution in [0.2, 0.25) is 0 Å². The second kappa shape index (κ2) is 8.55. The van der Waals surface area contributed by atoms with Crippen LogP contribution in [-0.2, 0) is 9.59 Å². The number of para-hydroxylation sites is 1. The third-order valence-electron chi connectivity index (χ3n) is 5.32. The molecule has 0 saturated carbocycles. The van der Waals surface area contributed by atoms with E-state index >= 15 is 0 Å². The van der Waals surface area contributed by atoms with Crippen LogP contribution in [0.25, 0.3) is 15.3 Å². The molecule has 1 aliphatic rings. The van der Waals surface area contributed by atoms with E-state index in [0.29, 0.717) is 29.1 Å². The lowest BCUT2D eigenvalue weighted by Gasteiger charge is -2.24. The number of carbonyl (C=O) groups excluding carboxylic acids is 2. The van der Waals surface area contributed by atoms with E-state index in [0.717, 1.165) is 21.3 Å². The molecule has 0 unspecified atom stereocenters. The van der Waals surface area contributed by atoms with Crippen molar-refractivity contribution in [2.75, 3.05) is 18.5 Å². The fourth-order valence-electron chi connectivity index (χ4n) is 3.89. The van der Waals surface area contributed by atoms with Crippen molar-refractivity contribution in [2.45, 2.75) is 19.3 Å². The maximum atomic E-state index is 12.6. The van der Waals surface area contributed by atoms with Gasteiger partial charge in [0.1, 0.15) is 5.82 Å². The minimum Gasteiger partial charge on any atom is -0.490 e. The van der Waals surface area contributed by atoms with Gasteiger partial charge in [0.15, 0.2) is 18.1 Å². The van der Waals surface area contributed by atoms with E-state index in [1.54, 1.807) is 16.9 Å². The Morgan fingerprint density at radius 2 is 2.09 bits per heavy atom. The molecule has 2 aromatic carbocycles. The van der Waals surface area contributed by atoms with Crippen LogP contribution in [-0.4, -0.2) is 39.8 Å². The van der Waals surface area contributed by atoms with Crippen LogP contribution in [0.3, 0.4) is 0 Å². The van der Waals surface area contributed by atoms with Crippen LogP contribution >= 0.6 is 11.3 Å². The fourth-order valence-corrected chi connectivity index (χ4v) is 4.82. The maximum Gasteiger partial charge on any atom is 0.255 e. The van der Waals surface area contributed by atoms with Crippen molar-refractivity contribution in [2.24, 2.45) is 5.73 Å². The van der Waals surface area contributed by atoms with Gasteiger partial charge in [-0.2, -0.15) is 9.78 Å². The number of hydrogen-bond acceptors (Lipinski definition) is 7. The smallest absolute Gasteiger partial charge is 0.255 e. The topological polar surface area (TPSA) is 121 Å². The van der Waals surface area contributed by atoms with Gasteiger partial charge in [-0.05, 0) is 36.8 Å². The fraction of sp³-hybridized carbons (Fsp3) is 0.217. The second-order valence-electron chi connectivity index (χ2n) is 7.52. The highest BCUT2D eigenvalue weighted by atomic mass is 32.1. The third kappa shape index (κ3) is 4.00. The monoisotopic (exact) mass is 463 g/mol. The van der Waals surface area contributed by atoms with Crippen molar-refractivity contribution in [3.63, 3.8) is 0 Å². The number of rotatable bonds is 7. The number of benzene rings is 2. The SMILES string of the molecule is CCOc1cc([C@H]2CC(=O)Nc3c2cnn3-c2nc3ccccc3s2)ccc1OCC(N)=O. The highest BCUT2D eigenvalue weighted by Crippen LogP contribution is 2.41. The normalized spacial score (nSPS) is 15.2. The summed E-state index contributed by atoms with van der Waals surface area (Å²) < 4.78 is 13.9. The molecule has 1 atom stereocenters. The minimum atomic E-state index is -0.572. The molecule has 0 saturated heterocycles. The van der Waals surface area contributed by atoms with Crippen molar-refractivity contribution in [3.05, 3.63) is 59.8 Å². The molecule has 10 heteroatoms. The first-order valence-electron chi connectivity index (χ1n) is 10.4. The highest BCUT2D eigenvalue weighted by molar-refractivity contribution is 7.20. The average Bonchev–Trinajstić information content (AvgIpc) is 3.41. The zero-order chi connectivity index (χ0) is 22.9. The molecule has 0 spiro atoms. The molecule has 1 aliphatic heterocycles. The molecule has 3 N–H and O–H groups in total. The van der Waals surface area contributed by atoms with E-state index in [1.165, 1.54) is 11.3 Å². The number of anilines is 1. The van der Waals surface area contributed by atoms with Crippen LogP contribution < -0.4 is 20.5 Å². The standard InChI is InChI=1S/C23H21N5O4S/c1-2-31-18-9-13(7-8-17(18)32-12-20(24)29)14-10-21(30)27-22-15(14)11-25-28(22)23-26-16-5-3-4-6-19(16)33-23/h3-9,11,14H,2,10,12H2,1H3,(H2,24,29)(H,27,30)/t14-/m1/s1. The largest absolute Gasteiger partial charge is 0.490 e. The second-order valence-corrected chi connectivity index (χ2v) is 8.53. The highest BCUT2D eigenvalue weighted by Gasteiger charge is 2.31. The average molecular weight is 464 g/mol. The number of hydrogen-bond donors (Lipinski definition) is 2. The molecular formula is C23H21N5O4S. The zero-order valence-corrected chi connectivity index (χ0v) is 18.6. The Morgan fingerprint density at radius 1 is 1.24 bits per heavy atom. The molecule has 2 aromatic heterocycles. The molecule has 0 bridgehead atoms. The summed E-state index contributed by atoms with van der Waals surface area (Å²) in [5, 5.41) is 8.18. The molecule has 168 valence electrons. The Morgan fingerprint density at radius 3 is 2.88 bits per heavy atom. The number of amides is 2. The summed E-state index contributed by atoms with van der Waals surface area (Å²) >= 11 is 1.51. The number of primary amides is 1. The Balaban J connectivity index is 1.53. The first-order chi connectivity index (χ1) is 16.0. The molecular weight excluding hydrogens is 442 g/mol. The molecule has 9 nitrogen and oxygen atoms in total. The van der Waals surface area contributed by atoms with Gasteiger partial charge in [-0.3, -0.25) is 9.59 Å². The van der Waals surface area contributed by atoms with Crippen molar-refractivity contribution in [3.8, 4) is 16.6 Å². The van der Waals surface area contributed by atoms with E-state index in [-0.39, 0.29) is 24.9 Å². The van der Waals surface area contributed by atoms with E-state index < -0.39 is 5.91 Å². The Labute approximate surface area is 193 Å². The number of nitrogens with two attached hydrogens (primary N) is 1. The molecule has 3 heterocycles. The lowest BCUT2D eigenvalue weighted by Crippen LogP contribution is -2.24. The van der Waals surface area contributed by atoms with Crippen molar-refractivity contribution >= 4 is 39.2 Å². The summed E-state index contributed by atoms with van der Waals surface area (Å²) in [6.45, 7) is 2.03. The van der Waals surface area contributed by atoms with Crippen LogP contribution in [0.15, 0.2) is 48.7 Å². The van der Waals surface area contributed by atoms with Crippen LogP contribution in [0, 0.1) is 0 Å². The van der Waals surface area contributed by atoms with Crippen LogP contribution in [0.5, 0.6) is 11.5 Å². The first kappa shape index (κ1) is 21.0.